The van der Waals surface area contributed by atoms with E-state index in [1.807, 2.05) is 36.4 Å². The van der Waals surface area contributed by atoms with Crippen LogP contribution in [-0.4, -0.2) is 57.5 Å². The summed E-state index contributed by atoms with van der Waals surface area (Å²) < 4.78 is 2.12. The molecule has 0 bridgehead atoms. The van der Waals surface area contributed by atoms with Gasteiger partial charge in [-0.3, -0.25) is 9.36 Å². The van der Waals surface area contributed by atoms with E-state index in [0.717, 1.165) is 53.9 Å². The minimum absolute atomic E-state index is 0.163. The first kappa shape index (κ1) is 23.5. The zero-order chi connectivity index (χ0) is 22.7. The zero-order valence-corrected chi connectivity index (χ0v) is 20.0. The molecule has 1 fully saturated rings. The third-order valence-corrected chi connectivity index (χ3v) is 6.92. The van der Waals surface area contributed by atoms with Gasteiger partial charge in [0.2, 0.25) is 5.91 Å². The first-order chi connectivity index (χ1) is 16.3. The molecule has 2 heterocycles. The molecule has 1 amide bonds. The topological polar surface area (TPSA) is 63.1 Å². The number of carbonyl (C=O) groups excluding carboxylic acids is 1. The Morgan fingerprint density at radius 3 is 2.39 bits per heavy atom. The van der Waals surface area contributed by atoms with E-state index < -0.39 is 0 Å². The van der Waals surface area contributed by atoms with Crippen molar-refractivity contribution in [1.29, 1.82) is 0 Å². The lowest BCUT2D eigenvalue weighted by atomic mass is 10.1. The lowest BCUT2D eigenvalue weighted by molar-refractivity contribution is -0.121. The van der Waals surface area contributed by atoms with Crippen molar-refractivity contribution in [3.05, 3.63) is 60.7 Å². The van der Waals surface area contributed by atoms with E-state index in [-0.39, 0.29) is 5.91 Å². The number of nitrogens with one attached hydrogen (secondary N) is 1. The van der Waals surface area contributed by atoms with Crippen molar-refractivity contribution in [1.82, 2.24) is 25.0 Å². The van der Waals surface area contributed by atoms with Crippen LogP contribution in [0.3, 0.4) is 0 Å². The summed E-state index contributed by atoms with van der Waals surface area (Å²) in [5, 5.41) is 12.9. The molecule has 4 rings (SSSR count). The molecule has 6 nitrogen and oxygen atoms in total. The van der Waals surface area contributed by atoms with Crippen molar-refractivity contribution in [2.75, 3.05) is 31.9 Å². The van der Waals surface area contributed by atoms with Crippen molar-refractivity contribution < 1.29 is 4.79 Å². The smallest absolute Gasteiger partial charge is 0.220 e. The molecule has 2 aromatic carbocycles. The molecule has 0 atom stereocenters. The molecule has 0 saturated carbocycles. The van der Waals surface area contributed by atoms with Gasteiger partial charge in [0.1, 0.15) is 0 Å². The van der Waals surface area contributed by atoms with Gasteiger partial charge in [-0.25, -0.2) is 0 Å². The Kier molecular flexibility index (Phi) is 8.95. The van der Waals surface area contributed by atoms with Crippen molar-refractivity contribution in [3.8, 4) is 17.1 Å². The van der Waals surface area contributed by atoms with E-state index in [1.165, 1.54) is 32.4 Å². The number of para-hydroxylation sites is 1. The largest absolute Gasteiger partial charge is 0.355 e. The van der Waals surface area contributed by atoms with Crippen LogP contribution in [0.1, 0.15) is 38.5 Å². The van der Waals surface area contributed by atoms with Crippen LogP contribution >= 0.6 is 11.8 Å². The van der Waals surface area contributed by atoms with Crippen molar-refractivity contribution in [3.63, 3.8) is 0 Å². The van der Waals surface area contributed by atoms with Crippen LogP contribution in [0.25, 0.3) is 17.1 Å². The zero-order valence-electron chi connectivity index (χ0n) is 19.2. The molecule has 3 aromatic rings. The Balaban J connectivity index is 1.25. The highest BCUT2D eigenvalue weighted by Gasteiger charge is 2.16. The molecule has 1 aromatic heterocycles. The summed E-state index contributed by atoms with van der Waals surface area (Å²) in [6.45, 7) is 4.08. The first-order valence-corrected chi connectivity index (χ1v) is 13.0. The van der Waals surface area contributed by atoms with Gasteiger partial charge in [-0.05, 0) is 50.9 Å². The van der Waals surface area contributed by atoms with Gasteiger partial charge in [0.05, 0.1) is 0 Å². The number of amides is 1. The Morgan fingerprint density at radius 1 is 0.909 bits per heavy atom. The highest BCUT2D eigenvalue weighted by molar-refractivity contribution is 7.99. The van der Waals surface area contributed by atoms with Crippen molar-refractivity contribution in [2.45, 2.75) is 43.7 Å². The molecule has 1 saturated heterocycles. The van der Waals surface area contributed by atoms with Gasteiger partial charge in [-0.2, -0.15) is 0 Å². The van der Waals surface area contributed by atoms with Gasteiger partial charge in [0, 0.05) is 36.5 Å². The Bertz CT molecular complexity index is 986. The van der Waals surface area contributed by atoms with Gasteiger partial charge in [0.25, 0.3) is 0 Å². The molecule has 0 spiro atoms. The number of likely N-dealkylation sites (tertiary alicyclic amines) is 1. The fourth-order valence-electron chi connectivity index (χ4n) is 4.12. The van der Waals surface area contributed by atoms with E-state index in [2.05, 4.69) is 49.2 Å². The van der Waals surface area contributed by atoms with Gasteiger partial charge < -0.3 is 10.2 Å². The first-order valence-electron chi connectivity index (χ1n) is 12.0. The maximum Gasteiger partial charge on any atom is 0.220 e. The standard InChI is InChI=1S/C26H33N5OS/c32-24(27-17-20-30-18-9-3-10-19-30)16-8-11-21-33-26-29-28-25(22-12-4-1-5-13-22)31(26)23-14-6-2-7-15-23/h1-2,4-7,12-15H,3,8-11,16-21H2,(H,27,32). The summed E-state index contributed by atoms with van der Waals surface area (Å²) in [5.41, 5.74) is 2.10. The minimum atomic E-state index is 0.163. The minimum Gasteiger partial charge on any atom is -0.355 e. The average Bonchev–Trinajstić information content (AvgIpc) is 3.29. The van der Waals surface area contributed by atoms with Crippen LogP contribution in [0.5, 0.6) is 0 Å². The Morgan fingerprint density at radius 2 is 1.64 bits per heavy atom. The number of hydrogen-bond donors (Lipinski definition) is 1. The number of piperidine rings is 1. The van der Waals surface area contributed by atoms with Gasteiger partial charge in [0.15, 0.2) is 11.0 Å². The predicted molar refractivity (Wildman–Crippen MR) is 135 cm³/mol. The molecule has 1 N–H and O–H groups in total. The second kappa shape index (κ2) is 12.6. The maximum absolute atomic E-state index is 12.2. The number of hydrogen-bond acceptors (Lipinski definition) is 5. The van der Waals surface area contributed by atoms with Crippen molar-refractivity contribution in [2.24, 2.45) is 0 Å². The molecule has 7 heteroatoms. The number of nitrogens with zero attached hydrogens (tertiary/aromatic N) is 4. The van der Waals surface area contributed by atoms with Crippen LogP contribution < -0.4 is 5.32 Å². The Hall–Kier alpha value is -2.64. The van der Waals surface area contributed by atoms with E-state index >= 15 is 0 Å². The number of rotatable bonds is 11. The molecule has 33 heavy (non-hydrogen) atoms. The lowest BCUT2D eigenvalue weighted by Crippen LogP contribution is -2.37. The summed E-state index contributed by atoms with van der Waals surface area (Å²) in [4.78, 5) is 14.6. The second-order valence-electron chi connectivity index (χ2n) is 8.40. The van der Waals surface area contributed by atoms with Crippen LogP contribution in [-0.2, 0) is 4.79 Å². The molecule has 0 aliphatic carbocycles. The van der Waals surface area contributed by atoms with E-state index in [1.54, 1.807) is 11.8 Å². The number of thioether (sulfide) groups is 1. The van der Waals surface area contributed by atoms with Gasteiger partial charge in [-0.1, -0.05) is 66.7 Å². The summed E-state index contributed by atoms with van der Waals surface area (Å²) in [7, 11) is 0. The number of aromatic nitrogens is 3. The van der Waals surface area contributed by atoms with Gasteiger partial charge >= 0.3 is 0 Å². The molecular weight excluding hydrogens is 430 g/mol. The molecular formula is C26H33N5OS. The molecule has 0 unspecified atom stereocenters. The summed E-state index contributed by atoms with van der Waals surface area (Å²) in [6, 6.07) is 20.4. The average molecular weight is 464 g/mol. The van der Waals surface area contributed by atoms with E-state index in [9.17, 15) is 4.79 Å². The van der Waals surface area contributed by atoms with Gasteiger partial charge in [-0.15, -0.1) is 10.2 Å². The van der Waals surface area contributed by atoms with Crippen LogP contribution in [0.15, 0.2) is 65.8 Å². The quantitative estimate of drug-likeness (QED) is 0.327. The third-order valence-electron chi connectivity index (χ3n) is 5.91. The van der Waals surface area contributed by atoms with Crippen LogP contribution in [0, 0.1) is 0 Å². The number of benzene rings is 2. The Labute approximate surface area is 200 Å². The van der Waals surface area contributed by atoms with E-state index in [4.69, 9.17) is 0 Å². The summed E-state index contributed by atoms with van der Waals surface area (Å²) in [6.07, 6.45) is 6.35. The maximum atomic E-state index is 12.2. The third kappa shape index (κ3) is 6.92. The highest BCUT2D eigenvalue weighted by Crippen LogP contribution is 2.28. The fourth-order valence-corrected chi connectivity index (χ4v) is 5.07. The predicted octanol–water partition coefficient (Wildman–Crippen LogP) is 4.80. The summed E-state index contributed by atoms with van der Waals surface area (Å²) in [5.74, 6) is 1.91. The molecule has 1 aliphatic rings. The monoisotopic (exact) mass is 463 g/mol. The number of unbranched alkanes of at least 4 members (excludes halogenated alkanes) is 1. The SMILES string of the molecule is O=C(CCCCSc1nnc(-c2ccccc2)n1-c1ccccc1)NCCN1CCCCC1. The van der Waals surface area contributed by atoms with Crippen LogP contribution in [0.4, 0.5) is 0 Å². The van der Waals surface area contributed by atoms with Crippen LogP contribution in [0.2, 0.25) is 0 Å². The fraction of sp³-hybridized carbons (Fsp3) is 0.423. The highest BCUT2D eigenvalue weighted by atomic mass is 32.2. The van der Waals surface area contributed by atoms with Crippen molar-refractivity contribution >= 4 is 17.7 Å². The molecule has 174 valence electrons. The number of carbonyl (C=O) groups is 1. The molecule has 1 aliphatic heterocycles. The summed E-state index contributed by atoms with van der Waals surface area (Å²) >= 11 is 1.70. The lowest BCUT2D eigenvalue weighted by Gasteiger charge is -2.26. The molecule has 0 radical (unpaired) electrons. The normalized spacial score (nSPS) is 14.3. The second-order valence-corrected chi connectivity index (χ2v) is 9.46. The van der Waals surface area contributed by atoms with E-state index in [0.29, 0.717) is 6.42 Å².